The van der Waals surface area contributed by atoms with Crippen LogP contribution in [-0.4, -0.2) is 24.2 Å². The molecule has 0 aromatic rings. The molecule has 1 amide bonds. The van der Waals surface area contributed by atoms with Crippen LogP contribution in [0.3, 0.4) is 0 Å². The zero-order chi connectivity index (χ0) is 11.6. The fourth-order valence-electron chi connectivity index (χ4n) is 0.489. The minimum absolute atomic E-state index is 0.0244. The Morgan fingerprint density at radius 3 is 2.29 bits per heavy atom. The molecule has 0 bridgehead atoms. The molecule has 0 rings (SSSR count). The van der Waals surface area contributed by atoms with Crippen LogP contribution in [0.5, 0.6) is 0 Å². The van der Waals surface area contributed by atoms with Crippen LogP contribution in [0.15, 0.2) is 11.6 Å². The summed E-state index contributed by atoms with van der Waals surface area (Å²) in [6.45, 7) is 3.54. The van der Waals surface area contributed by atoms with Crippen molar-refractivity contribution < 1.29 is 18.0 Å². The molecule has 0 fully saturated rings. The summed E-state index contributed by atoms with van der Waals surface area (Å²) in [6, 6.07) is 0. The topological polar surface area (TPSA) is 55.1 Å². The van der Waals surface area contributed by atoms with Crippen molar-refractivity contribution in [1.29, 1.82) is 0 Å². The first-order valence-electron chi connectivity index (χ1n) is 3.56. The van der Waals surface area contributed by atoms with Gasteiger partial charge in [0.2, 0.25) is 5.91 Å². The van der Waals surface area contributed by atoms with Gasteiger partial charge in [-0.3, -0.25) is 4.79 Å². The average molecular weight is 231 g/mol. The highest BCUT2D eigenvalue weighted by atomic mass is 35.5. The Labute approximate surface area is 84.1 Å². The number of rotatable bonds is 3. The molecule has 0 aromatic carbocycles. The van der Waals surface area contributed by atoms with Gasteiger partial charge in [-0.2, -0.15) is 13.2 Å². The maximum absolute atomic E-state index is 12.2. The lowest BCUT2D eigenvalue weighted by Crippen LogP contribution is -2.61. The number of alkyl halides is 3. The Morgan fingerprint density at radius 1 is 1.57 bits per heavy atom. The molecule has 0 radical (unpaired) electrons. The van der Waals surface area contributed by atoms with Crippen LogP contribution in [0.4, 0.5) is 13.2 Å². The van der Waals surface area contributed by atoms with Gasteiger partial charge in [-0.25, -0.2) is 0 Å². The number of halogens is 4. The predicted molar refractivity (Wildman–Crippen MR) is 46.7 cm³/mol. The summed E-state index contributed by atoms with van der Waals surface area (Å²) in [5, 5.41) is 1.94. The van der Waals surface area contributed by atoms with Crippen molar-refractivity contribution in [2.24, 2.45) is 5.73 Å². The maximum Gasteiger partial charge on any atom is 0.415 e. The number of nitrogens with two attached hydrogens (primary N) is 1. The lowest BCUT2D eigenvalue weighted by Gasteiger charge is -2.25. The van der Waals surface area contributed by atoms with E-state index in [9.17, 15) is 18.0 Å². The quantitative estimate of drug-likeness (QED) is 0.764. The lowest BCUT2D eigenvalue weighted by molar-refractivity contribution is -0.187. The molecule has 82 valence electrons. The van der Waals surface area contributed by atoms with Gasteiger partial charge in [-0.15, -0.1) is 0 Å². The van der Waals surface area contributed by atoms with Crippen molar-refractivity contribution in [2.45, 2.75) is 18.6 Å². The van der Waals surface area contributed by atoms with E-state index in [1.165, 1.54) is 0 Å². The highest BCUT2D eigenvalue weighted by Crippen LogP contribution is 2.27. The molecule has 0 aliphatic carbocycles. The third-order valence-corrected chi connectivity index (χ3v) is 1.63. The molecule has 0 aliphatic heterocycles. The molecule has 7 heteroatoms. The molecule has 3 nitrogen and oxygen atoms in total. The highest BCUT2D eigenvalue weighted by molar-refractivity contribution is 6.29. The first-order valence-corrected chi connectivity index (χ1v) is 3.94. The molecule has 0 aliphatic rings. The molecule has 3 N–H and O–H groups in total. The SMILES string of the molecule is C=C(Cl)CNC(=O)C(C)(N)C(F)(F)F. The van der Waals surface area contributed by atoms with E-state index in [1.807, 2.05) is 5.32 Å². The summed E-state index contributed by atoms with van der Waals surface area (Å²) in [5.74, 6) is -1.34. The molecular formula is C7H10ClF3N2O. The first-order chi connectivity index (χ1) is 6.09. The zero-order valence-electron chi connectivity index (χ0n) is 7.41. The van der Waals surface area contributed by atoms with Crippen molar-refractivity contribution in [2.75, 3.05) is 6.54 Å². The van der Waals surface area contributed by atoms with E-state index in [4.69, 9.17) is 17.3 Å². The molecule has 1 unspecified atom stereocenters. The number of hydrogen-bond acceptors (Lipinski definition) is 2. The summed E-state index contributed by atoms with van der Waals surface area (Å²) >= 11 is 5.25. The zero-order valence-corrected chi connectivity index (χ0v) is 8.17. The second-order valence-corrected chi connectivity index (χ2v) is 3.43. The smallest absolute Gasteiger partial charge is 0.349 e. The Bertz CT molecular complexity index is 250. The van der Waals surface area contributed by atoms with Crippen LogP contribution in [0.2, 0.25) is 0 Å². The van der Waals surface area contributed by atoms with E-state index in [-0.39, 0.29) is 11.6 Å². The largest absolute Gasteiger partial charge is 0.415 e. The number of nitrogens with one attached hydrogen (secondary N) is 1. The normalized spacial score (nSPS) is 15.9. The molecule has 0 saturated heterocycles. The fourth-order valence-corrected chi connectivity index (χ4v) is 0.555. The van der Waals surface area contributed by atoms with E-state index in [1.54, 1.807) is 0 Å². The van der Waals surface area contributed by atoms with Crippen molar-refractivity contribution in [3.63, 3.8) is 0 Å². The van der Waals surface area contributed by atoms with Crippen LogP contribution in [-0.2, 0) is 4.79 Å². The Hall–Kier alpha value is -0.750. The molecule has 0 aromatic heterocycles. The first kappa shape index (κ1) is 13.2. The minimum atomic E-state index is -4.80. The number of hydrogen-bond donors (Lipinski definition) is 2. The van der Waals surface area contributed by atoms with Gasteiger partial charge < -0.3 is 11.1 Å². The molecule has 0 heterocycles. The van der Waals surface area contributed by atoms with Crippen LogP contribution < -0.4 is 11.1 Å². The molecule has 1 atom stereocenters. The third-order valence-electron chi connectivity index (χ3n) is 1.50. The lowest BCUT2D eigenvalue weighted by atomic mass is 10.0. The molecular weight excluding hydrogens is 221 g/mol. The molecule has 0 saturated carbocycles. The Morgan fingerprint density at radius 2 is 2.00 bits per heavy atom. The summed E-state index contributed by atoms with van der Waals surface area (Å²) in [6.07, 6.45) is -4.80. The van der Waals surface area contributed by atoms with Gasteiger partial charge in [-0.1, -0.05) is 18.2 Å². The van der Waals surface area contributed by atoms with Gasteiger partial charge in [0.1, 0.15) is 0 Å². The summed E-state index contributed by atoms with van der Waals surface area (Å²) < 4.78 is 36.5. The monoisotopic (exact) mass is 230 g/mol. The van der Waals surface area contributed by atoms with Crippen LogP contribution in [0.25, 0.3) is 0 Å². The summed E-state index contributed by atoms with van der Waals surface area (Å²) in [7, 11) is 0. The van der Waals surface area contributed by atoms with Crippen molar-refractivity contribution in [3.8, 4) is 0 Å². The molecule has 14 heavy (non-hydrogen) atoms. The van der Waals surface area contributed by atoms with Gasteiger partial charge >= 0.3 is 6.18 Å². The number of amides is 1. The third kappa shape index (κ3) is 3.19. The average Bonchev–Trinajstić information content (AvgIpc) is 1.97. The van der Waals surface area contributed by atoms with E-state index in [0.717, 1.165) is 0 Å². The van der Waals surface area contributed by atoms with Gasteiger partial charge in [-0.05, 0) is 6.92 Å². The Kier molecular flexibility index (Phi) is 3.96. The summed E-state index contributed by atoms with van der Waals surface area (Å²) in [4.78, 5) is 11.0. The number of carbonyl (C=O) groups excluding carboxylic acids is 1. The van der Waals surface area contributed by atoms with E-state index in [0.29, 0.717) is 6.92 Å². The van der Waals surface area contributed by atoms with Crippen LogP contribution in [0, 0.1) is 0 Å². The molecule has 0 spiro atoms. The van der Waals surface area contributed by atoms with Crippen molar-refractivity contribution >= 4 is 17.5 Å². The standard InChI is InChI=1S/C7H10ClF3N2O/c1-4(8)3-13-5(14)6(2,12)7(9,10)11/h1,3,12H2,2H3,(H,13,14). The van der Waals surface area contributed by atoms with Crippen LogP contribution in [0.1, 0.15) is 6.92 Å². The van der Waals surface area contributed by atoms with Crippen molar-refractivity contribution in [1.82, 2.24) is 5.32 Å². The second-order valence-electron chi connectivity index (χ2n) is 2.90. The predicted octanol–water partition coefficient (Wildman–Crippen LogP) is 1.13. The maximum atomic E-state index is 12.2. The summed E-state index contributed by atoms with van der Waals surface area (Å²) in [5.41, 5.74) is 1.90. The van der Waals surface area contributed by atoms with Crippen molar-refractivity contribution in [3.05, 3.63) is 11.6 Å². The van der Waals surface area contributed by atoms with Gasteiger partial charge in [0.05, 0.1) is 6.54 Å². The number of carbonyl (C=O) groups is 1. The second kappa shape index (κ2) is 4.18. The van der Waals surface area contributed by atoms with E-state index >= 15 is 0 Å². The van der Waals surface area contributed by atoms with E-state index in [2.05, 4.69) is 6.58 Å². The highest BCUT2D eigenvalue weighted by Gasteiger charge is 2.53. The fraction of sp³-hybridized carbons (Fsp3) is 0.571. The van der Waals surface area contributed by atoms with Gasteiger partial charge in [0.25, 0.3) is 0 Å². The van der Waals surface area contributed by atoms with Gasteiger partial charge in [0, 0.05) is 5.03 Å². The minimum Gasteiger partial charge on any atom is -0.349 e. The van der Waals surface area contributed by atoms with Gasteiger partial charge in [0.15, 0.2) is 5.54 Å². The van der Waals surface area contributed by atoms with Crippen LogP contribution >= 0.6 is 11.6 Å². The Balaban J connectivity index is 4.45. The van der Waals surface area contributed by atoms with E-state index < -0.39 is 17.6 Å².